The molecular weight excluding hydrogens is 398 g/mol. The molecule has 0 amide bonds. The molecule has 0 N–H and O–H groups in total. The van der Waals surface area contributed by atoms with Crippen LogP contribution < -0.4 is 0 Å². The summed E-state index contributed by atoms with van der Waals surface area (Å²) < 4.78 is 5.10. The molecule has 0 saturated heterocycles. The highest BCUT2D eigenvalue weighted by Crippen LogP contribution is 2.18. The molecule has 0 saturated carbocycles. The van der Waals surface area contributed by atoms with Crippen molar-refractivity contribution in [3.63, 3.8) is 0 Å². The van der Waals surface area contributed by atoms with Crippen LogP contribution in [0.2, 0.25) is 0 Å². The summed E-state index contributed by atoms with van der Waals surface area (Å²) in [5.41, 5.74) is 3.98. The van der Waals surface area contributed by atoms with E-state index in [1.54, 1.807) is 13.1 Å². The summed E-state index contributed by atoms with van der Waals surface area (Å²) >= 11 is 0. The van der Waals surface area contributed by atoms with Gasteiger partial charge in [-0.1, -0.05) is 82.2 Å². The van der Waals surface area contributed by atoms with Gasteiger partial charge in [0.25, 0.3) is 0 Å². The molecule has 32 heavy (non-hydrogen) atoms. The van der Waals surface area contributed by atoms with E-state index in [1.165, 1.54) is 63.1 Å². The smallest absolute Gasteiger partial charge is 0.333 e. The van der Waals surface area contributed by atoms with Crippen LogP contribution in [0.3, 0.4) is 0 Å². The molecule has 0 aliphatic rings. The predicted octanol–water partition coefficient (Wildman–Crippen LogP) is 6.58. The second-order valence-corrected chi connectivity index (χ2v) is 8.30. The summed E-state index contributed by atoms with van der Waals surface area (Å²) in [5, 5.41) is 8.81. The Labute approximate surface area is 192 Å². The zero-order valence-corrected chi connectivity index (χ0v) is 19.3. The van der Waals surface area contributed by atoms with Crippen molar-refractivity contribution in [1.82, 2.24) is 9.97 Å². The Hall–Kier alpha value is -3.00. The molecule has 1 heterocycles. The molecule has 0 atom stereocenters. The first kappa shape index (κ1) is 25.3. The number of unbranched alkanes of at least 4 members (excludes halogenated alkanes) is 9. The summed E-state index contributed by atoms with van der Waals surface area (Å²) in [6, 6.07) is 10.5. The third-order valence-corrected chi connectivity index (χ3v) is 5.46. The maximum atomic E-state index is 11.3. The highest BCUT2D eigenvalue weighted by Gasteiger charge is 2.03. The maximum Gasteiger partial charge on any atom is 0.333 e. The number of hydrogen-bond acceptors (Lipinski definition) is 5. The summed E-state index contributed by atoms with van der Waals surface area (Å²) in [6.45, 7) is 5.77. The first-order valence-corrected chi connectivity index (χ1v) is 11.7. The van der Waals surface area contributed by atoms with Crippen molar-refractivity contribution in [2.45, 2.75) is 77.6 Å². The van der Waals surface area contributed by atoms with Crippen LogP contribution in [0.25, 0.3) is 11.3 Å². The average molecular weight is 434 g/mol. The number of aromatic nitrogens is 2. The number of benzene rings is 1. The number of aryl methyl sites for hydroxylation is 1. The highest BCUT2D eigenvalue weighted by atomic mass is 16.5. The van der Waals surface area contributed by atoms with Gasteiger partial charge in [-0.3, -0.25) is 4.98 Å². The van der Waals surface area contributed by atoms with Gasteiger partial charge < -0.3 is 4.74 Å². The predicted molar refractivity (Wildman–Crippen MR) is 128 cm³/mol. The Balaban J connectivity index is 1.45. The van der Waals surface area contributed by atoms with Gasteiger partial charge in [-0.2, -0.15) is 5.26 Å². The minimum Gasteiger partial charge on any atom is -0.462 e. The number of nitriles is 1. The molecule has 0 aliphatic heterocycles. The van der Waals surface area contributed by atoms with Gasteiger partial charge in [0.1, 0.15) is 6.07 Å². The number of carbonyl (C=O) groups excluding carboxylic acids is 1. The quantitative estimate of drug-likeness (QED) is 0.180. The summed E-state index contributed by atoms with van der Waals surface area (Å²) in [5.74, 6) is -0.278. The van der Waals surface area contributed by atoms with Crippen LogP contribution in [-0.4, -0.2) is 22.5 Å². The van der Waals surface area contributed by atoms with Crippen LogP contribution in [0.15, 0.2) is 48.8 Å². The van der Waals surface area contributed by atoms with E-state index in [-0.39, 0.29) is 5.97 Å². The van der Waals surface area contributed by atoms with Crippen LogP contribution in [0, 0.1) is 11.3 Å². The minimum atomic E-state index is -0.278. The number of hydrogen-bond donors (Lipinski definition) is 0. The first-order valence-electron chi connectivity index (χ1n) is 11.7. The molecule has 2 aromatic rings. The van der Waals surface area contributed by atoms with Crippen LogP contribution in [-0.2, 0) is 16.0 Å². The van der Waals surface area contributed by atoms with E-state index in [4.69, 9.17) is 10.00 Å². The lowest BCUT2D eigenvalue weighted by molar-refractivity contribution is -0.139. The number of carbonyl (C=O) groups is 1. The van der Waals surface area contributed by atoms with Crippen molar-refractivity contribution in [2.75, 3.05) is 6.61 Å². The molecule has 2 rings (SSSR count). The molecule has 0 radical (unpaired) electrons. The van der Waals surface area contributed by atoms with Crippen molar-refractivity contribution >= 4 is 5.97 Å². The second-order valence-electron chi connectivity index (χ2n) is 8.30. The zero-order chi connectivity index (χ0) is 23.0. The SMILES string of the molecule is C=C(C)C(=O)OCCCCCCCCCCCCc1ccc(-c2cnc(C#N)cn2)cc1. The van der Waals surface area contributed by atoms with E-state index >= 15 is 0 Å². The Morgan fingerprint density at radius 1 is 0.906 bits per heavy atom. The molecule has 170 valence electrons. The Kier molecular flexibility index (Phi) is 11.8. The lowest BCUT2D eigenvalue weighted by Gasteiger charge is -2.05. The topological polar surface area (TPSA) is 75.9 Å². The Morgan fingerprint density at radius 2 is 1.50 bits per heavy atom. The van der Waals surface area contributed by atoms with Crippen molar-refractivity contribution < 1.29 is 9.53 Å². The van der Waals surface area contributed by atoms with Gasteiger partial charge in [0.2, 0.25) is 0 Å². The van der Waals surface area contributed by atoms with Gasteiger partial charge in [0.05, 0.1) is 24.7 Å². The lowest BCUT2D eigenvalue weighted by Crippen LogP contribution is -2.05. The number of esters is 1. The third kappa shape index (κ3) is 9.87. The molecule has 1 aromatic carbocycles. The van der Waals surface area contributed by atoms with Gasteiger partial charge in [0, 0.05) is 11.1 Å². The minimum absolute atomic E-state index is 0.278. The standard InChI is InChI=1S/C27H35N3O2/c1-22(2)27(31)32-18-12-10-8-6-4-3-5-7-9-11-13-23-14-16-24(17-15-23)26-21-29-25(19-28)20-30-26/h14-17,20-21H,1,3-13,18H2,2H3. The summed E-state index contributed by atoms with van der Waals surface area (Å²) in [6.07, 6.45) is 16.5. The van der Waals surface area contributed by atoms with Gasteiger partial charge in [-0.05, 0) is 31.7 Å². The van der Waals surface area contributed by atoms with E-state index in [0.717, 1.165) is 30.5 Å². The van der Waals surface area contributed by atoms with E-state index in [9.17, 15) is 4.79 Å². The van der Waals surface area contributed by atoms with Gasteiger partial charge in [-0.15, -0.1) is 0 Å². The molecule has 5 heteroatoms. The Bertz CT molecular complexity index is 867. The fraction of sp³-hybridized carbons (Fsp3) is 0.481. The molecule has 0 aliphatic carbocycles. The first-order chi connectivity index (χ1) is 15.6. The van der Waals surface area contributed by atoms with Crippen molar-refractivity contribution in [2.24, 2.45) is 0 Å². The van der Waals surface area contributed by atoms with Crippen LogP contribution >= 0.6 is 0 Å². The van der Waals surface area contributed by atoms with Crippen LogP contribution in [0.1, 0.15) is 82.4 Å². The summed E-state index contributed by atoms with van der Waals surface area (Å²) in [7, 11) is 0. The number of rotatable bonds is 15. The van der Waals surface area contributed by atoms with E-state index in [2.05, 4.69) is 40.8 Å². The lowest BCUT2D eigenvalue weighted by atomic mass is 10.0. The summed E-state index contributed by atoms with van der Waals surface area (Å²) in [4.78, 5) is 19.6. The maximum absolute atomic E-state index is 11.3. The van der Waals surface area contributed by atoms with Gasteiger partial charge in [-0.25, -0.2) is 9.78 Å². The second kappa shape index (κ2) is 14.9. The highest BCUT2D eigenvalue weighted by molar-refractivity contribution is 5.86. The van der Waals surface area contributed by atoms with Gasteiger partial charge in [0.15, 0.2) is 5.69 Å². The Morgan fingerprint density at radius 3 is 2.03 bits per heavy atom. The number of ether oxygens (including phenoxy) is 1. The molecule has 0 spiro atoms. The van der Waals surface area contributed by atoms with Crippen molar-refractivity contribution in [1.29, 1.82) is 5.26 Å². The third-order valence-electron chi connectivity index (χ3n) is 5.46. The van der Waals surface area contributed by atoms with Crippen LogP contribution in [0.5, 0.6) is 0 Å². The largest absolute Gasteiger partial charge is 0.462 e. The van der Waals surface area contributed by atoms with Crippen molar-refractivity contribution in [3.8, 4) is 17.3 Å². The molecular formula is C27H35N3O2. The number of nitrogens with zero attached hydrogens (tertiary/aromatic N) is 3. The average Bonchev–Trinajstić information content (AvgIpc) is 2.82. The molecule has 1 aromatic heterocycles. The fourth-order valence-electron chi connectivity index (χ4n) is 3.51. The normalized spacial score (nSPS) is 10.5. The van der Waals surface area contributed by atoms with E-state index < -0.39 is 0 Å². The van der Waals surface area contributed by atoms with Gasteiger partial charge >= 0.3 is 5.97 Å². The fourth-order valence-corrected chi connectivity index (χ4v) is 3.51. The molecule has 0 unspecified atom stereocenters. The molecule has 5 nitrogen and oxygen atoms in total. The monoisotopic (exact) mass is 433 g/mol. The zero-order valence-electron chi connectivity index (χ0n) is 19.3. The van der Waals surface area contributed by atoms with E-state index in [0.29, 0.717) is 17.9 Å². The van der Waals surface area contributed by atoms with E-state index in [1.807, 2.05) is 6.07 Å². The molecule has 0 bridgehead atoms. The van der Waals surface area contributed by atoms with Crippen LogP contribution in [0.4, 0.5) is 0 Å². The van der Waals surface area contributed by atoms with Crippen molar-refractivity contribution in [3.05, 3.63) is 60.1 Å². The molecule has 0 fully saturated rings.